The molecule has 3 aromatic rings. The summed E-state index contributed by atoms with van der Waals surface area (Å²) in [4.78, 5) is 7.91. The van der Waals surface area contributed by atoms with Crippen LogP contribution in [0.2, 0.25) is 0 Å². The molecule has 0 saturated heterocycles. The summed E-state index contributed by atoms with van der Waals surface area (Å²) in [6.07, 6.45) is 3.27. The van der Waals surface area contributed by atoms with Crippen LogP contribution in [-0.2, 0) is 10.0 Å². The largest absolute Gasteiger partial charge is 0.345 e. The molecule has 0 bridgehead atoms. The molecule has 2 heterocycles. The van der Waals surface area contributed by atoms with Crippen molar-refractivity contribution in [1.29, 1.82) is 0 Å². The molecule has 0 spiro atoms. The third-order valence-corrected chi connectivity index (χ3v) is 5.78. The molecule has 0 radical (unpaired) electrons. The van der Waals surface area contributed by atoms with E-state index in [1.165, 1.54) is 11.3 Å². The second kappa shape index (κ2) is 5.34. The van der Waals surface area contributed by atoms with E-state index in [0.29, 0.717) is 9.90 Å². The van der Waals surface area contributed by atoms with Crippen LogP contribution in [0.3, 0.4) is 0 Å². The summed E-state index contributed by atoms with van der Waals surface area (Å²) in [5.74, 6) is 0. The minimum atomic E-state index is -3.54. The Morgan fingerprint density at radius 3 is 2.76 bits per heavy atom. The maximum Gasteiger partial charge on any atom is 0.271 e. The molecule has 0 atom stereocenters. The maximum atomic E-state index is 12.3. The predicted octanol–water partition coefficient (Wildman–Crippen LogP) is 3.25. The molecule has 0 aliphatic heterocycles. The van der Waals surface area contributed by atoms with E-state index >= 15 is 0 Å². The molecule has 3 rings (SSSR count). The molecule has 2 N–H and O–H groups in total. The van der Waals surface area contributed by atoms with Gasteiger partial charge in [-0.2, -0.15) is 0 Å². The Hall–Kier alpha value is -2.12. The number of aromatic amines is 1. The van der Waals surface area contributed by atoms with Gasteiger partial charge >= 0.3 is 0 Å². The van der Waals surface area contributed by atoms with Gasteiger partial charge in [0.25, 0.3) is 10.0 Å². The molecule has 7 heteroatoms. The van der Waals surface area contributed by atoms with Crippen molar-refractivity contribution in [2.24, 2.45) is 0 Å². The lowest BCUT2D eigenvalue weighted by molar-refractivity contribution is 0.603. The number of benzene rings is 1. The van der Waals surface area contributed by atoms with Gasteiger partial charge in [0.2, 0.25) is 0 Å². The zero-order valence-corrected chi connectivity index (χ0v) is 12.8. The van der Waals surface area contributed by atoms with Gasteiger partial charge in [-0.25, -0.2) is 13.4 Å². The number of thiophene rings is 1. The SMILES string of the molecule is Cc1ccc(S(=O)(=O)Nc2cccc(-c3cnc[nH]3)c2)s1. The van der Waals surface area contributed by atoms with Gasteiger partial charge in [-0.3, -0.25) is 4.72 Å². The first-order valence-electron chi connectivity index (χ1n) is 6.23. The van der Waals surface area contributed by atoms with Crippen molar-refractivity contribution in [1.82, 2.24) is 9.97 Å². The Bertz CT molecular complexity index is 852. The van der Waals surface area contributed by atoms with Gasteiger partial charge in [-0.05, 0) is 31.2 Å². The number of aromatic nitrogens is 2. The van der Waals surface area contributed by atoms with Crippen LogP contribution in [0.5, 0.6) is 0 Å². The Balaban J connectivity index is 1.90. The van der Waals surface area contributed by atoms with E-state index in [-0.39, 0.29) is 0 Å². The van der Waals surface area contributed by atoms with E-state index in [2.05, 4.69) is 14.7 Å². The van der Waals surface area contributed by atoms with Crippen LogP contribution in [0.4, 0.5) is 5.69 Å². The van der Waals surface area contributed by atoms with E-state index in [1.54, 1.807) is 42.9 Å². The molecule has 0 amide bonds. The van der Waals surface area contributed by atoms with Gasteiger partial charge in [0.1, 0.15) is 4.21 Å². The highest BCUT2D eigenvalue weighted by molar-refractivity contribution is 7.94. The second-order valence-electron chi connectivity index (χ2n) is 4.52. The standard InChI is InChI=1S/C14H13N3O2S2/c1-10-5-6-14(20-10)21(18,19)17-12-4-2-3-11(7-12)13-8-15-9-16-13/h2-9,17H,1H3,(H,15,16). The van der Waals surface area contributed by atoms with Gasteiger partial charge in [0, 0.05) is 16.1 Å². The molecule has 0 unspecified atom stereocenters. The van der Waals surface area contributed by atoms with Crippen molar-refractivity contribution in [2.75, 3.05) is 4.72 Å². The zero-order valence-electron chi connectivity index (χ0n) is 11.2. The lowest BCUT2D eigenvalue weighted by Gasteiger charge is -2.07. The van der Waals surface area contributed by atoms with Crippen LogP contribution in [-0.4, -0.2) is 18.4 Å². The molecule has 5 nitrogen and oxygen atoms in total. The lowest BCUT2D eigenvalue weighted by atomic mass is 10.1. The van der Waals surface area contributed by atoms with E-state index in [1.807, 2.05) is 13.0 Å². The van der Waals surface area contributed by atoms with Crippen molar-refractivity contribution in [3.63, 3.8) is 0 Å². The average molecular weight is 319 g/mol. The fourth-order valence-electron chi connectivity index (χ4n) is 1.93. The first-order chi connectivity index (χ1) is 10.0. The first-order valence-corrected chi connectivity index (χ1v) is 8.53. The third kappa shape index (κ3) is 2.98. The summed E-state index contributed by atoms with van der Waals surface area (Å²) < 4.78 is 27.5. The number of hydrogen-bond donors (Lipinski definition) is 2. The normalized spacial score (nSPS) is 11.5. The number of imidazole rings is 1. The molecule has 21 heavy (non-hydrogen) atoms. The van der Waals surface area contributed by atoms with Crippen LogP contribution in [0.1, 0.15) is 4.88 Å². The summed E-state index contributed by atoms with van der Waals surface area (Å²) in [6, 6.07) is 10.6. The Labute approximate surface area is 126 Å². The number of H-pyrrole nitrogens is 1. The number of rotatable bonds is 4. The Morgan fingerprint density at radius 2 is 2.10 bits per heavy atom. The van der Waals surface area contributed by atoms with Gasteiger partial charge in [0.15, 0.2) is 0 Å². The van der Waals surface area contributed by atoms with Crippen molar-refractivity contribution in [3.05, 3.63) is 53.8 Å². The minimum Gasteiger partial charge on any atom is -0.345 e. The Morgan fingerprint density at radius 1 is 1.24 bits per heavy atom. The van der Waals surface area contributed by atoms with Crippen LogP contribution in [0, 0.1) is 6.92 Å². The molecule has 0 saturated carbocycles. The summed E-state index contributed by atoms with van der Waals surface area (Å²) >= 11 is 1.25. The van der Waals surface area contributed by atoms with Crippen LogP contribution in [0.15, 0.2) is 53.1 Å². The van der Waals surface area contributed by atoms with E-state index in [9.17, 15) is 8.42 Å². The molecule has 108 valence electrons. The topological polar surface area (TPSA) is 74.8 Å². The van der Waals surface area contributed by atoms with Gasteiger partial charge in [0.05, 0.1) is 18.2 Å². The molecular formula is C14H13N3O2S2. The number of hydrogen-bond acceptors (Lipinski definition) is 4. The van der Waals surface area contributed by atoms with E-state index in [0.717, 1.165) is 16.1 Å². The molecular weight excluding hydrogens is 306 g/mol. The summed E-state index contributed by atoms with van der Waals surface area (Å²) in [5.41, 5.74) is 2.23. The monoisotopic (exact) mass is 319 g/mol. The van der Waals surface area contributed by atoms with Crippen molar-refractivity contribution in [3.8, 4) is 11.3 Å². The quantitative estimate of drug-likeness (QED) is 0.775. The highest BCUT2D eigenvalue weighted by Crippen LogP contribution is 2.25. The maximum absolute atomic E-state index is 12.3. The smallest absolute Gasteiger partial charge is 0.271 e. The van der Waals surface area contributed by atoms with Crippen LogP contribution >= 0.6 is 11.3 Å². The summed E-state index contributed by atoms with van der Waals surface area (Å²) in [7, 11) is -3.54. The number of sulfonamides is 1. The van der Waals surface area contributed by atoms with Crippen molar-refractivity contribution >= 4 is 27.0 Å². The molecule has 0 aliphatic carbocycles. The fraction of sp³-hybridized carbons (Fsp3) is 0.0714. The predicted molar refractivity (Wildman–Crippen MR) is 83.9 cm³/mol. The van der Waals surface area contributed by atoms with E-state index < -0.39 is 10.0 Å². The zero-order chi connectivity index (χ0) is 14.9. The first kappa shape index (κ1) is 13.8. The number of anilines is 1. The number of nitrogens with one attached hydrogen (secondary N) is 2. The fourth-order valence-corrected chi connectivity index (χ4v) is 4.26. The minimum absolute atomic E-state index is 0.312. The molecule has 2 aromatic heterocycles. The average Bonchev–Trinajstić information content (AvgIpc) is 3.09. The van der Waals surface area contributed by atoms with Gasteiger partial charge < -0.3 is 4.98 Å². The number of nitrogens with zero attached hydrogens (tertiary/aromatic N) is 1. The van der Waals surface area contributed by atoms with Crippen LogP contribution in [0.25, 0.3) is 11.3 Å². The highest BCUT2D eigenvalue weighted by Gasteiger charge is 2.16. The van der Waals surface area contributed by atoms with Crippen molar-refractivity contribution in [2.45, 2.75) is 11.1 Å². The molecule has 0 aliphatic rings. The highest BCUT2D eigenvalue weighted by atomic mass is 32.2. The molecule has 1 aromatic carbocycles. The van der Waals surface area contributed by atoms with Crippen LogP contribution < -0.4 is 4.72 Å². The molecule has 0 fully saturated rings. The van der Waals surface area contributed by atoms with Gasteiger partial charge in [-0.1, -0.05) is 12.1 Å². The summed E-state index contributed by atoms with van der Waals surface area (Å²) in [6.45, 7) is 1.88. The lowest BCUT2D eigenvalue weighted by Crippen LogP contribution is -2.11. The third-order valence-electron chi connectivity index (χ3n) is 2.90. The summed E-state index contributed by atoms with van der Waals surface area (Å²) in [5, 5.41) is 0. The van der Waals surface area contributed by atoms with Crippen molar-refractivity contribution < 1.29 is 8.42 Å². The second-order valence-corrected chi connectivity index (χ2v) is 7.71. The Kier molecular flexibility index (Phi) is 3.52. The van der Waals surface area contributed by atoms with E-state index in [4.69, 9.17) is 0 Å². The number of aryl methyl sites for hydroxylation is 1. The van der Waals surface area contributed by atoms with Gasteiger partial charge in [-0.15, -0.1) is 11.3 Å².